The van der Waals surface area contributed by atoms with Gasteiger partial charge in [0.25, 0.3) is 0 Å². The van der Waals surface area contributed by atoms with Gasteiger partial charge >= 0.3 is 0 Å². The zero-order chi connectivity index (χ0) is 12.1. The molecule has 2 saturated heterocycles. The molecule has 0 amide bonds. The summed E-state index contributed by atoms with van der Waals surface area (Å²) in [5.74, 6) is 0.475. The minimum atomic E-state index is -0.534. The van der Waals surface area contributed by atoms with Crippen molar-refractivity contribution in [1.82, 2.24) is 0 Å². The molecule has 3 heteroatoms. The first-order valence-electron chi connectivity index (χ1n) is 6.31. The first-order valence-corrected chi connectivity index (χ1v) is 6.31. The fourth-order valence-electron chi connectivity index (χ4n) is 3.13. The van der Waals surface area contributed by atoms with Crippen LogP contribution < -0.4 is 0 Å². The van der Waals surface area contributed by atoms with Crippen LogP contribution in [0.15, 0.2) is 0 Å². The summed E-state index contributed by atoms with van der Waals surface area (Å²) in [5.41, 5.74) is -0.509. The Morgan fingerprint density at radius 3 is 2.44 bits per heavy atom. The molecule has 2 bridgehead atoms. The average Bonchev–Trinajstić information content (AvgIpc) is 2.12. The normalized spacial score (nSPS) is 47.1. The molecule has 2 heterocycles. The van der Waals surface area contributed by atoms with Crippen molar-refractivity contribution in [3.8, 4) is 0 Å². The molecule has 0 aromatic carbocycles. The lowest BCUT2D eigenvalue weighted by atomic mass is 9.75. The van der Waals surface area contributed by atoms with Gasteiger partial charge in [-0.2, -0.15) is 0 Å². The van der Waals surface area contributed by atoms with Crippen LogP contribution in [-0.2, 0) is 9.47 Å². The summed E-state index contributed by atoms with van der Waals surface area (Å²) in [4.78, 5) is 0. The van der Waals surface area contributed by atoms with Gasteiger partial charge in [-0.1, -0.05) is 13.8 Å². The Kier molecular flexibility index (Phi) is 2.84. The first-order chi connectivity index (χ1) is 7.25. The van der Waals surface area contributed by atoms with Crippen LogP contribution in [0, 0.1) is 11.8 Å². The van der Waals surface area contributed by atoms with Crippen LogP contribution >= 0.6 is 0 Å². The van der Waals surface area contributed by atoms with Crippen LogP contribution in [0.1, 0.15) is 47.5 Å². The molecule has 0 aliphatic carbocycles. The lowest BCUT2D eigenvalue weighted by Crippen LogP contribution is -2.65. The number of ether oxygens (including phenoxy) is 2. The van der Waals surface area contributed by atoms with Crippen molar-refractivity contribution in [3.63, 3.8) is 0 Å². The number of aliphatic hydroxyl groups excluding tert-OH is 1. The highest BCUT2D eigenvalue weighted by Crippen LogP contribution is 2.46. The minimum absolute atomic E-state index is 0.0810. The van der Waals surface area contributed by atoms with Crippen molar-refractivity contribution in [1.29, 1.82) is 0 Å². The minimum Gasteiger partial charge on any atom is -0.387 e. The number of hydrogen-bond donors (Lipinski definition) is 1. The third kappa shape index (κ3) is 1.89. The molecule has 2 aliphatic heterocycles. The van der Waals surface area contributed by atoms with Crippen LogP contribution in [0.3, 0.4) is 0 Å². The molecule has 16 heavy (non-hydrogen) atoms. The molecule has 0 radical (unpaired) electrons. The van der Waals surface area contributed by atoms with Crippen LogP contribution in [0.4, 0.5) is 0 Å². The second-order valence-electron chi connectivity index (χ2n) is 6.31. The lowest BCUT2D eigenvalue weighted by Gasteiger charge is -2.55. The molecule has 3 nitrogen and oxygen atoms in total. The molecular weight excluding hydrogens is 204 g/mol. The van der Waals surface area contributed by atoms with Crippen LogP contribution in [0.5, 0.6) is 0 Å². The Morgan fingerprint density at radius 2 is 1.88 bits per heavy atom. The van der Waals surface area contributed by atoms with Crippen molar-refractivity contribution >= 4 is 0 Å². The maximum atomic E-state index is 10.3. The van der Waals surface area contributed by atoms with Crippen molar-refractivity contribution in [2.75, 3.05) is 0 Å². The van der Waals surface area contributed by atoms with E-state index in [9.17, 15) is 5.11 Å². The van der Waals surface area contributed by atoms with Gasteiger partial charge in [-0.3, -0.25) is 0 Å². The smallest absolute Gasteiger partial charge is 0.166 e. The van der Waals surface area contributed by atoms with Crippen LogP contribution in [0.2, 0.25) is 0 Å². The molecule has 0 aromatic heterocycles. The summed E-state index contributed by atoms with van der Waals surface area (Å²) in [6.45, 7) is 10.3. The lowest BCUT2D eigenvalue weighted by molar-refractivity contribution is -0.393. The second-order valence-corrected chi connectivity index (χ2v) is 6.31. The Balaban J connectivity index is 2.26. The van der Waals surface area contributed by atoms with Gasteiger partial charge < -0.3 is 14.6 Å². The number of hydrogen-bond acceptors (Lipinski definition) is 3. The van der Waals surface area contributed by atoms with Crippen LogP contribution in [-0.4, -0.2) is 28.7 Å². The zero-order valence-electron chi connectivity index (χ0n) is 11.0. The summed E-state index contributed by atoms with van der Waals surface area (Å²) in [6, 6.07) is 0. The Labute approximate surface area is 98.1 Å². The van der Waals surface area contributed by atoms with Gasteiger partial charge in [-0.25, -0.2) is 0 Å². The molecule has 2 aliphatic rings. The highest BCUT2D eigenvalue weighted by Gasteiger charge is 2.54. The molecule has 94 valence electrons. The highest BCUT2D eigenvalue weighted by molar-refractivity contribution is 4.99. The molecule has 4 atom stereocenters. The van der Waals surface area contributed by atoms with E-state index in [1.165, 1.54) is 0 Å². The van der Waals surface area contributed by atoms with Gasteiger partial charge in [0.05, 0.1) is 11.7 Å². The van der Waals surface area contributed by atoms with Gasteiger partial charge in [0, 0.05) is 6.42 Å². The van der Waals surface area contributed by atoms with Crippen molar-refractivity contribution in [3.05, 3.63) is 0 Å². The third-order valence-electron chi connectivity index (χ3n) is 4.10. The molecule has 0 spiro atoms. The fraction of sp³-hybridized carbons (Fsp3) is 1.00. The van der Waals surface area contributed by atoms with Crippen molar-refractivity contribution < 1.29 is 14.6 Å². The summed E-state index contributed by atoms with van der Waals surface area (Å²) < 4.78 is 11.9. The molecule has 2 rings (SSSR count). The van der Waals surface area contributed by atoms with Crippen LogP contribution in [0.25, 0.3) is 0 Å². The summed E-state index contributed by atoms with van der Waals surface area (Å²) >= 11 is 0. The van der Waals surface area contributed by atoms with E-state index >= 15 is 0 Å². The maximum Gasteiger partial charge on any atom is 0.166 e. The highest BCUT2D eigenvalue weighted by atomic mass is 16.7. The van der Waals surface area contributed by atoms with E-state index in [0.29, 0.717) is 11.8 Å². The average molecular weight is 228 g/mol. The standard InChI is InChI=1S/C13H24O3/c1-8(2)9-6-7-13(5)15-10(9)11(14)12(3,4)16-13/h8-11,14H,6-7H2,1-5H3. The van der Waals surface area contributed by atoms with Gasteiger partial charge in [-0.15, -0.1) is 0 Å². The summed E-state index contributed by atoms with van der Waals surface area (Å²) in [5, 5.41) is 10.3. The van der Waals surface area contributed by atoms with E-state index in [1.54, 1.807) is 0 Å². The van der Waals surface area contributed by atoms with E-state index in [-0.39, 0.29) is 6.10 Å². The largest absolute Gasteiger partial charge is 0.387 e. The topological polar surface area (TPSA) is 38.7 Å². The predicted molar refractivity (Wildman–Crippen MR) is 62.0 cm³/mol. The van der Waals surface area contributed by atoms with Gasteiger partial charge in [0.1, 0.15) is 6.10 Å². The van der Waals surface area contributed by atoms with Gasteiger partial charge in [-0.05, 0) is 39.0 Å². The molecule has 1 N–H and O–H groups in total. The Hall–Kier alpha value is -0.120. The Bertz CT molecular complexity index is 270. The molecule has 4 unspecified atom stereocenters. The zero-order valence-corrected chi connectivity index (χ0v) is 11.0. The fourth-order valence-corrected chi connectivity index (χ4v) is 3.13. The number of aliphatic hydroxyl groups is 1. The SMILES string of the molecule is CC(C)C1CCC2(C)OC1C(O)C(C)(C)O2. The maximum absolute atomic E-state index is 10.3. The van der Waals surface area contributed by atoms with Crippen molar-refractivity contribution in [2.45, 2.75) is 71.1 Å². The summed E-state index contributed by atoms with van der Waals surface area (Å²) in [7, 11) is 0. The summed E-state index contributed by atoms with van der Waals surface area (Å²) in [6.07, 6.45) is 1.38. The van der Waals surface area contributed by atoms with Crippen molar-refractivity contribution in [2.24, 2.45) is 11.8 Å². The quantitative estimate of drug-likeness (QED) is 0.748. The number of rotatable bonds is 1. The first kappa shape index (κ1) is 12.3. The van der Waals surface area contributed by atoms with E-state index in [1.807, 2.05) is 20.8 Å². The monoisotopic (exact) mass is 228 g/mol. The molecule has 2 fully saturated rings. The number of fused-ring (bicyclic) bond motifs is 2. The third-order valence-corrected chi connectivity index (χ3v) is 4.10. The molecule has 0 saturated carbocycles. The second kappa shape index (κ2) is 3.69. The van der Waals surface area contributed by atoms with Gasteiger partial charge in [0.15, 0.2) is 5.79 Å². The van der Waals surface area contributed by atoms with E-state index in [0.717, 1.165) is 12.8 Å². The van der Waals surface area contributed by atoms with Gasteiger partial charge in [0.2, 0.25) is 0 Å². The van der Waals surface area contributed by atoms with E-state index in [4.69, 9.17) is 9.47 Å². The van der Waals surface area contributed by atoms with E-state index in [2.05, 4.69) is 13.8 Å². The predicted octanol–water partition coefficient (Wildman–Crippen LogP) is 2.32. The molecule has 0 aromatic rings. The van der Waals surface area contributed by atoms with E-state index < -0.39 is 17.5 Å². The molecular formula is C13H24O3. The Morgan fingerprint density at radius 1 is 1.25 bits per heavy atom.